The Balaban J connectivity index is 2.96. The lowest BCUT2D eigenvalue weighted by Gasteiger charge is -1.82. The van der Waals surface area contributed by atoms with Gasteiger partial charge in [-0.2, -0.15) is 0 Å². The van der Waals surface area contributed by atoms with Crippen molar-refractivity contribution in [2.45, 2.75) is 0 Å². The highest BCUT2D eigenvalue weighted by atomic mass is 32.4. The molecule has 0 radical (unpaired) electrons. The molecule has 2 atom stereocenters. The van der Waals surface area contributed by atoms with Crippen LogP contribution < -0.4 is 0 Å². The molecule has 4 heteroatoms. The van der Waals surface area contributed by atoms with Gasteiger partial charge in [0.05, 0.1) is 1.28 Å². The van der Waals surface area contributed by atoms with Gasteiger partial charge in [-0.25, -0.2) is 0 Å². The highest BCUT2D eigenvalue weighted by Crippen LogP contribution is 2.52. The molecule has 1 N–H and O–H groups in total. The molecule has 0 saturated heterocycles. The Labute approximate surface area is 38.3 Å². The van der Waals surface area contributed by atoms with Crippen molar-refractivity contribution in [1.29, 1.82) is 6.44 Å². The second-order valence-electron chi connectivity index (χ2n) is 0.624. The average Bonchev–Trinajstić information content (AvgIpc) is 1.65. The summed E-state index contributed by atoms with van der Waals surface area (Å²) in [4.78, 5) is 0. The van der Waals surface area contributed by atoms with E-state index >= 15 is 0 Å². The highest BCUT2D eigenvalue weighted by Gasteiger charge is 1.76. The molecule has 0 saturated carbocycles. The van der Waals surface area contributed by atoms with E-state index in [1.54, 1.807) is 0 Å². The molecule has 5 heavy (non-hydrogen) atoms. The Morgan fingerprint density at radius 2 is 3.00 bits per heavy atom. The third kappa shape index (κ3) is 4.96. The number of rotatable bonds is 2. The van der Waals surface area contributed by atoms with E-state index in [2.05, 4.69) is 0 Å². The Kier molecular flexibility index (Phi) is 2.61. The Bertz CT molecular complexity index is 48.1. The second kappa shape index (κ2) is 3.16. The summed E-state index contributed by atoms with van der Waals surface area (Å²) in [6.07, 6.45) is 0. The normalized spacial score (nSPS) is 20.6. The van der Waals surface area contributed by atoms with Crippen molar-refractivity contribution in [2.75, 3.05) is 6.66 Å². The van der Waals surface area contributed by atoms with E-state index in [1.165, 1.54) is 0 Å². The maximum absolute atomic E-state index is 6.74. The minimum atomic E-state index is -0.243. The van der Waals surface area contributed by atoms with Crippen molar-refractivity contribution in [1.82, 2.24) is 0 Å². The third-order valence-electron chi connectivity index (χ3n) is 0.150. The molecule has 0 spiro atoms. The van der Waals surface area contributed by atoms with Crippen LogP contribution in [0.5, 0.6) is 0 Å². The number of hydrogen-bond acceptors (Lipinski definition) is 1. The van der Waals surface area contributed by atoms with Crippen LogP contribution in [0.3, 0.4) is 0 Å². The summed E-state index contributed by atoms with van der Waals surface area (Å²) in [7, 11) is 0.672. The maximum atomic E-state index is 6.74. The third-order valence-corrected chi connectivity index (χ3v) is 2.25. The van der Waals surface area contributed by atoms with Crippen LogP contribution in [-0.4, -0.2) is 7.94 Å². The minimum Gasteiger partial charge on any atom is -0.279 e. The minimum absolute atomic E-state index is 0.243. The van der Waals surface area contributed by atoms with Gasteiger partial charge in [0.2, 0.25) is 0 Å². The summed E-state index contributed by atoms with van der Waals surface area (Å²) in [5, 5.41) is 6.70. The number of hydrogen-bond donors (Lipinski definition) is 1. The van der Waals surface area contributed by atoms with E-state index < -0.39 is 0 Å². The average molecular weight is 126 g/mol. The van der Waals surface area contributed by atoms with Crippen LogP contribution in [0.4, 0.5) is 0 Å². The summed E-state index contributed by atoms with van der Waals surface area (Å²) in [6.45, 7) is 1.97. The first-order valence-corrected chi connectivity index (χ1v) is 5.82. The van der Waals surface area contributed by atoms with Gasteiger partial charge in [0.1, 0.15) is 0 Å². The molecule has 0 rings (SSSR count). The molecule has 2 unspecified atom stereocenters. The zero-order valence-electron chi connectivity index (χ0n) is 3.89. The molecule has 0 bridgehead atoms. The van der Waals surface area contributed by atoms with Gasteiger partial charge in [0.15, 0.2) is 0 Å². The van der Waals surface area contributed by atoms with Crippen molar-refractivity contribution in [3.8, 4) is 0 Å². The van der Waals surface area contributed by atoms with E-state index in [0.717, 1.165) is 0 Å². The monoisotopic (exact) mass is 126 g/mol. The molecular weight excluding hydrogens is 119 g/mol. The molecule has 0 aliphatic rings. The van der Waals surface area contributed by atoms with Crippen LogP contribution in [-0.2, 0) is 0 Å². The maximum Gasteiger partial charge on any atom is 0.0600 e. The molecule has 0 heterocycles. The topological polar surface area (TPSA) is 23.9 Å². The Morgan fingerprint density at radius 3 is 3.00 bits per heavy atom. The molecule has 0 aromatic rings. The summed E-state index contributed by atoms with van der Waals surface area (Å²) in [5.74, 6) is 0. The van der Waals surface area contributed by atoms with E-state index in [9.17, 15) is 0 Å². The molecule has 1 nitrogen and oxygen atoms in total. The molecule has 0 aliphatic carbocycles. The van der Waals surface area contributed by atoms with Gasteiger partial charge < -0.3 is 0 Å². The van der Waals surface area contributed by atoms with Crippen LogP contribution in [0.1, 0.15) is 0 Å². The zero-order valence-corrected chi connectivity index (χ0v) is 5.68. The number of nitrogens with one attached hydrogen (secondary N) is 1. The molecule has 30 valence electrons. The lowest BCUT2D eigenvalue weighted by atomic mass is 12.0. The molecule has 0 aliphatic heterocycles. The van der Waals surface area contributed by atoms with Gasteiger partial charge in [-0.05, 0) is 14.0 Å². The van der Waals surface area contributed by atoms with Gasteiger partial charge >= 0.3 is 0 Å². The largest absolute Gasteiger partial charge is 0.279 e. The highest BCUT2D eigenvalue weighted by molar-refractivity contribution is 8.44. The predicted molar refractivity (Wildman–Crippen MR) is 32.2 cm³/mol. The fourth-order valence-electron chi connectivity index (χ4n) is 0. The SMILES string of the molecule is [2H]PP(C)P=N. The molecule has 0 aromatic heterocycles. The summed E-state index contributed by atoms with van der Waals surface area (Å²) < 4.78 is 6.74. The summed E-state index contributed by atoms with van der Waals surface area (Å²) >= 11 is 0. The van der Waals surface area contributed by atoms with Gasteiger partial charge in [0, 0.05) is 8.06 Å². The molecular formula is CH6NP3. The van der Waals surface area contributed by atoms with E-state index in [0.29, 0.717) is 8.06 Å². The van der Waals surface area contributed by atoms with Gasteiger partial charge in [0.25, 0.3) is 0 Å². The Hall–Kier alpha value is 0.960. The first-order valence-electron chi connectivity index (χ1n) is 1.59. The fraction of sp³-hybridized carbons (Fsp3) is 1.00. The van der Waals surface area contributed by atoms with Gasteiger partial charge in [-0.1, -0.05) is 0 Å². The van der Waals surface area contributed by atoms with Crippen molar-refractivity contribution in [3.63, 3.8) is 0 Å². The lowest BCUT2D eigenvalue weighted by molar-refractivity contribution is 1.66. The predicted octanol–water partition coefficient (Wildman–Crippen LogP) is 2.51. The Morgan fingerprint density at radius 1 is 2.40 bits per heavy atom. The van der Waals surface area contributed by atoms with Gasteiger partial charge in [-0.3, -0.25) is 5.16 Å². The lowest BCUT2D eigenvalue weighted by Crippen LogP contribution is -1.21. The molecule has 0 aromatic carbocycles. The van der Waals surface area contributed by atoms with Gasteiger partial charge in [-0.15, -0.1) is 8.87 Å². The van der Waals surface area contributed by atoms with E-state index in [1.807, 2.05) is 6.66 Å². The first-order chi connectivity index (χ1) is 2.81. The van der Waals surface area contributed by atoms with Crippen molar-refractivity contribution in [2.24, 2.45) is 0 Å². The van der Waals surface area contributed by atoms with Crippen molar-refractivity contribution in [3.05, 3.63) is 0 Å². The van der Waals surface area contributed by atoms with Crippen LogP contribution in [0.25, 0.3) is 0 Å². The zero-order chi connectivity index (χ0) is 4.99. The first kappa shape index (κ1) is 4.13. The van der Waals surface area contributed by atoms with Crippen LogP contribution in [0, 0.1) is 5.16 Å². The van der Waals surface area contributed by atoms with Crippen molar-refractivity contribution >= 4 is 24.2 Å². The molecule has 0 fully saturated rings. The van der Waals surface area contributed by atoms with E-state index in [-0.39, 0.29) is 16.2 Å². The second-order valence-corrected chi connectivity index (χ2v) is 7.41. The fourth-order valence-corrected chi connectivity index (χ4v) is 0. The summed E-state index contributed by atoms with van der Waals surface area (Å²) in [6, 6.07) is 0. The quantitative estimate of drug-likeness (QED) is 0.549. The standard InChI is InChI=1S/CH6NP3/c1-5(3)4-2/h2H,3H2,1H3/i3D. The molecule has 0 amide bonds. The van der Waals surface area contributed by atoms with Crippen LogP contribution >= 0.6 is 24.2 Å². The van der Waals surface area contributed by atoms with Crippen molar-refractivity contribution < 1.29 is 0 Å². The summed E-state index contributed by atoms with van der Waals surface area (Å²) in [5.41, 5.74) is 0. The van der Waals surface area contributed by atoms with Crippen LogP contribution in [0.2, 0.25) is 0 Å². The smallest absolute Gasteiger partial charge is 0.0600 e. The van der Waals surface area contributed by atoms with Crippen LogP contribution in [0.15, 0.2) is 0 Å². The van der Waals surface area contributed by atoms with E-state index in [4.69, 9.17) is 6.44 Å².